The van der Waals surface area contributed by atoms with Gasteiger partial charge in [0.15, 0.2) is 0 Å². The second kappa shape index (κ2) is 12.1. The Morgan fingerprint density at radius 2 is 1.32 bits per heavy atom. The highest BCUT2D eigenvalue weighted by Crippen LogP contribution is 2.20. The Kier molecular flexibility index (Phi) is 8.16. The summed E-state index contributed by atoms with van der Waals surface area (Å²) in [5, 5.41) is 6.75. The first-order chi connectivity index (χ1) is 18.2. The number of nitrogens with one attached hydrogen (secondary N) is 2. The maximum Gasteiger partial charge on any atom is 0.320 e. The number of rotatable bonds is 8. The van der Waals surface area contributed by atoms with Gasteiger partial charge in [0, 0.05) is 43.8 Å². The largest absolute Gasteiger partial charge is 0.347 e. The number of hydrogen-bond donors (Lipinski definition) is 2. The van der Waals surface area contributed by atoms with Gasteiger partial charge in [-0.3, -0.25) is 4.79 Å². The number of likely N-dealkylation sites (tertiary alicyclic amines) is 2. The minimum absolute atomic E-state index is 0.0141. The van der Waals surface area contributed by atoms with Crippen LogP contribution < -0.4 is 10.6 Å². The van der Waals surface area contributed by atoms with Crippen LogP contribution in [0.4, 0.5) is 4.79 Å². The average Bonchev–Trinajstić information content (AvgIpc) is 3.62. The Bertz CT molecular complexity index is 1170. The van der Waals surface area contributed by atoms with E-state index in [9.17, 15) is 9.59 Å². The second-order valence-corrected chi connectivity index (χ2v) is 10.1. The van der Waals surface area contributed by atoms with E-state index in [-0.39, 0.29) is 18.0 Å². The quantitative estimate of drug-likeness (QED) is 0.449. The molecule has 3 aromatic carbocycles. The fourth-order valence-electron chi connectivity index (χ4n) is 5.31. The molecule has 2 fully saturated rings. The average molecular weight is 497 g/mol. The molecule has 2 aliphatic heterocycles. The van der Waals surface area contributed by atoms with Gasteiger partial charge in [0.1, 0.15) is 0 Å². The molecule has 6 nitrogen and oxygen atoms in total. The van der Waals surface area contributed by atoms with Crippen LogP contribution in [-0.2, 0) is 6.42 Å². The monoisotopic (exact) mass is 496 g/mol. The standard InChI is InChI=1S/C31H36N4O2/c36-30(27-15-13-26(14-16-27)25-11-5-2-6-12-25)33-29-18-21-35(23-29)31(37)34-20-17-28(22-34)32-19-7-10-24-8-3-1-4-9-24/h1-6,8-9,11-16,28-29,32H,7,10,17-23H2,(H,33,36). The molecule has 0 aliphatic carbocycles. The van der Waals surface area contributed by atoms with E-state index in [2.05, 4.69) is 47.0 Å². The van der Waals surface area contributed by atoms with Crippen LogP contribution in [0.5, 0.6) is 0 Å². The molecule has 2 saturated heterocycles. The number of carbonyl (C=O) groups is 2. The van der Waals surface area contributed by atoms with Gasteiger partial charge >= 0.3 is 6.03 Å². The van der Waals surface area contributed by atoms with E-state index in [0.717, 1.165) is 56.4 Å². The highest BCUT2D eigenvalue weighted by atomic mass is 16.2. The number of benzene rings is 3. The smallest absolute Gasteiger partial charge is 0.320 e. The fourth-order valence-corrected chi connectivity index (χ4v) is 5.31. The van der Waals surface area contributed by atoms with E-state index in [1.807, 2.05) is 58.3 Å². The van der Waals surface area contributed by atoms with Gasteiger partial charge in [0.05, 0.1) is 0 Å². The Labute approximate surface area is 219 Å². The third kappa shape index (κ3) is 6.57. The van der Waals surface area contributed by atoms with Crippen molar-refractivity contribution >= 4 is 11.9 Å². The summed E-state index contributed by atoms with van der Waals surface area (Å²) in [7, 11) is 0. The number of nitrogens with zero attached hydrogens (tertiary/aromatic N) is 2. The summed E-state index contributed by atoms with van der Waals surface area (Å²) in [4.78, 5) is 29.7. The fraction of sp³-hybridized carbons (Fsp3) is 0.355. The van der Waals surface area contributed by atoms with Crippen LogP contribution in [0.3, 0.4) is 0 Å². The molecule has 2 unspecified atom stereocenters. The number of hydrogen-bond acceptors (Lipinski definition) is 3. The predicted molar refractivity (Wildman–Crippen MR) is 147 cm³/mol. The van der Waals surface area contributed by atoms with Gasteiger partial charge in [0.2, 0.25) is 0 Å². The summed E-state index contributed by atoms with van der Waals surface area (Å²) in [6, 6.07) is 28.8. The highest BCUT2D eigenvalue weighted by molar-refractivity contribution is 5.95. The van der Waals surface area contributed by atoms with E-state index in [4.69, 9.17) is 0 Å². The lowest BCUT2D eigenvalue weighted by atomic mass is 10.0. The summed E-state index contributed by atoms with van der Waals surface area (Å²) in [5.74, 6) is -0.0835. The molecular formula is C31H36N4O2. The molecule has 0 spiro atoms. The van der Waals surface area contributed by atoms with Gasteiger partial charge in [0.25, 0.3) is 5.91 Å². The van der Waals surface area contributed by atoms with Crippen LogP contribution in [0, 0.1) is 0 Å². The number of aryl methyl sites for hydroxylation is 1. The molecule has 2 aliphatic rings. The van der Waals surface area contributed by atoms with E-state index in [0.29, 0.717) is 24.7 Å². The van der Waals surface area contributed by atoms with Crippen molar-refractivity contribution in [1.82, 2.24) is 20.4 Å². The molecule has 0 saturated carbocycles. The molecule has 0 radical (unpaired) electrons. The molecule has 3 aromatic rings. The normalized spacial score (nSPS) is 19.2. The molecule has 0 bridgehead atoms. The molecule has 2 heterocycles. The lowest BCUT2D eigenvalue weighted by Crippen LogP contribution is -2.44. The summed E-state index contributed by atoms with van der Waals surface area (Å²) in [6.45, 7) is 3.76. The zero-order valence-corrected chi connectivity index (χ0v) is 21.3. The Hall–Kier alpha value is -3.64. The van der Waals surface area contributed by atoms with Crippen molar-refractivity contribution in [3.63, 3.8) is 0 Å². The van der Waals surface area contributed by atoms with Crippen LogP contribution in [0.2, 0.25) is 0 Å². The van der Waals surface area contributed by atoms with Gasteiger partial charge in [-0.2, -0.15) is 0 Å². The Balaban J connectivity index is 1.03. The highest BCUT2D eigenvalue weighted by Gasteiger charge is 2.33. The third-order valence-electron chi connectivity index (χ3n) is 7.43. The van der Waals surface area contributed by atoms with Crippen molar-refractivity contribution in [3.8, 4) is 11.1 Å². The minimum atomic E-state index is -0.0835. The maximum atomic E-state index is 13.1. The topological polar surface area (TPSA) is 64.7 Å². The molecular weight excluding hydrogens is 460 g/mol. The van der Waals surface area contributed by atoms with Gasteiger partial charge in [-0.1, -0.05) is 72.8 Å². The van der Waals surface area contributed by atoms with Crippen LogP contribution >= 0.6 is 0 Å². The lowest BCUT2D eigenvalue weighted by Gasteiger charge is -2.24. The van der Waals surface area contributed by atoms with Crippen molar-refractivity contribution in [2.45, 2.75) is 37.8 Å². The van der Waals surface area contributed by atoms with Crippen molar-refractivity contribution < 1.29 is 9.59 Å². The molecule has 37 heavy (non-hydrogen) atoms. The first kappa shape index (κ1) is 25.0. The molecule has 5 rings (SSSR count). The zero-order chi connectivity index (χ0) is 25.5. The molecule has 6 heteroatoms. The van der Waals surface area contributed by atoms with Crippen molar-refractivity contribution in [1.29, 1.82) is 0 Å². The summed E-state index contributed by atoms with van der Waals surface area (Å²) in [5.41, 5.74) is 4.23. The van der Waals surface area contributed by atoms with Crippen molar-refractivity contribution in [2.75, 3.05) is 32.7 Å². The molecule has 192 valence electrons. The van der Waals surface area contributed by atoms with E-state index in [1.165, 1.54) is 5.56 Å². The first-order valence-electron chi connectivity index (χ1n) is 13.4. The second-order valence-electron chi connectivity index (χ2n) is 10.1. The van der Waals surface area contributed by atoms with Crippen LogP contribution in [0.1, 0.15) is 35.2 Å². The van der Waals surface area contributed by atoms with E-state index < -0.39 is 0 Å². The van der Waals surface area contributed by atoms with Gasteiger partial charge in [-0.25, -0.2) is 4.79 Å². The molecule has 2 atom stereocenters. The molecule has 0 aromatic heterocycles. The molecule has 2 N–H and O–H groups in total. The van der Waals surface area contributed by atoms with Gasteiger partial charge < -0.3 is 20.4 Å². The zero-order valence-electron chi connectivity index (χ0n) is 21.3. The van der Waals surface area contributed by atoms with Gasteiger partial charge in [-0.15, -0.1) is 0 Å². The van der Waals surface area contributed by atoms with Crippen LogP contribution in [-0.4, -0.2) is 66.5 Å². The maximum absolute atomic E-state index is 13.1. The number of urea groups is 1. The van der Waals surface area contributed by atoms with Gasteiger partial charge in [-0.05, 0) is 61.1 Å². The Morgan fingerprint density at radius 3 is 2.03 bits per heavy atom. The van der Waals surface area contributed by atoms with Crippen LogP contribution in [0.25, 0.3) is 11.1 Å². The molecule has 3 amide bonds. The van der Waals surface area contributed by atoms with E-state index >= 15 is 0 Å². The number of carbonyl (C=O) groups excluding carboxylic acids is 2. The van der Waals surface area contributed by atoms with E-state index in [1.54, 1.807) is 0 Å². The third-order valence-corrected chi connectivity index (χ3v) is 7.43. The van der Waals surface area contributed by atoms with Crippen molar-refractivity contribution in [2.24, 2.45) is 0 Å². The lowest BCUT2D eigenvalue weighted by molar-refractivity contribution is 0.0937. The minimum Gasteiger partial charge on any atom is -0.347 e. The Morgan fingerprint density at radius 1 is 0.730 bits per heavy atom. The number of amides is 3. The predicted octanol–water partition coefficient (Wildman–Crippen LogP) is 4.57. The summed E-state index contributed by atoms with van der Waals surface area (Å²) >= 11 is 0. The first-order valence-corrected chi connectivity index (χ1v) is 13.4. The van der Waals surface area contributed by atoms with Crippen LogP contribution in [0.15, 0.2) is 84.9 Å². The SMILES string of the molecule is O=C(NC1CCN(C(=O)N2CCC(NCCCc3ccccc3)C2)C1)c1ccc(-c2ccccc2)cc1. The summed E-state index contributed by atoms with van der Waals surface area (Å²) < 4.78 is 0. The van der Waals surface area contributed by atoms with Crippen molar-refractivity contribution in [3.05, 3.63) is 96.1 Å². The summed E-state index contributed by atoms with van der Waals surface area (Å²) in [6.07, 6.45) is 3.94.